The summed E-state index contributed by atoms with van der Waals surface area (Å²) in [6.07, 6.45) is 9.14. The molecule has 2 saturated heterocycles. The van der Waals surface area contributed by atoms with Crippen molar-refractivity contribution in [1.82, 2.24) is 9.80 Å². The largest absolute Gasteiger partial charge is 0.465 e. The molecular formula is C26H38N2O6. The summed E-state index contributed by atoms with van der Waals surface area (Å²) >= 11 is 0. The number of esters is 1. The molecule has 1 unspecified atom stereocenters. The molecule has 4 rings (SSSR count). The van der Waals surface area contributed by atoms with Crippen molar-refractivity contribution in [2.45, 2.75) is 83.2 Å². The second-order valence-corrected chi connectivity index (χ2v) is 10.7. The van der Waals surface area contributed by atoms with Gasteiger partial charge in [-0.3, -0.25) is 14.4 Å². The SMILES string of the molecule is CC[C@@]12C=CCCOC(=O)[C@@H]1[C@H]1C(=O)N([C@@H](CO)CC(C)C)C3C(=O)N(C(C)C)CC=C[C@@]31O2. The first-order valence-electron chi connectivity index (χ1n) is 12.6. The van der Waals surface area contributed by atoms with E-state index in [-0.39, 0.29) is 37.0 Å². The summed E-state index contributed by atoms with van der Waals surface area (Å²) in [6.45, 7) is 10.2. The van der Waals surface area contributed by atoms with Gasteiger partial charge in [0.25, 0.3) is 0 Å². The predicted molar refractivity (Wildman–Crippen MR) is 125 cm³/mol. The number of carbonyl (C=O) groups excluding carboxylic acids is 3. The Bertz CT molecular complexity index is 898. The third-order valence-corrected chi connectivity index (χ3v) is 7.84. The quantitative estimate of drug-likeness (QED) is 0.468. The van der Waals surface area contributed by atoms with Crippen molar-refractivity contribution in [1.29, 1.82) is 0 Å². The fraction of sp³-hybridized carbons (Fsp3) is 0.731. The number of carbonyl (C=O) groups is 3. The number of amides is 2. The Kier molecular flexibility index (Phi) is 6.68. The number of aliphatic hydroxyl groups is 1. The molecule has 0 aromatic heterocycles. The molecule has 1 spiro atoms. The summed E-state index contributed by atoms with van der Waals surface area (Å²) in [7, 11) is 0. The molecule has 0 bridgehead atoms. The first kappa shape index (κ1) is 24.9. The van der Waals surface area contributed by atoms with E-state index < -0.39 is 41.1 Å². The highest BCUT2D eigenvalue weighted by Crippen LogP contribution is 2.58. The Balaban J connectivity index is 1.92. The number of nitrogens with zero attached hydrogens (tertiary/aromatic N) is 2. The molecule has 0 aliphatic carbocycles. The Morgan fingerprint density at radius 2 is 1.82 bits per heavy atom. The summed E-state index contributed by atoms with van der Waals surface area (Å²) < 4.78 is 12.4. The average Bonchev–Trinajstić information content (AvgIpc) is 3.12. The van der Waals surface area contributed by atoms with Gasteiger partial charge < -0.3 is 24.4 Å². The normalized spacial score (nSPS) is 36.2. The average molecular weight is 475 g/mol. The van der Waals surface area contributed by atoms with Crippen LogP contribution < -0.4 is 0 Å². The number of hydrogen-bond acceptors (Lipinski definition) is 6. The first-order valence-corrected chi connectivity index (χ1v) is 12.6. The van der Waals surface area contributed by atoms with Crippen molar-refractivity contribution in [2.24, 2.45) is 17.8 Å². The van der Waals surface area contributed by atoms with Crippen LogP contribution in [0.5, 0.6) is 0 Å². The van der Waals surface area contributed by atoms with Crippen molar-refractivity contribution in [3.8, 4) is 0 Å². The topological polar surface area (TPSA) is 96.4 Å². The van der Waals surface area contributed by atoms with Gasteiger partial charge in [-0.2, -0.15) is 0 Å². The highest BCUT2D eigenvalue weighted by Gasteiger charge is 2.76. The maximum Gasteiger partial charge on any atom is 0.313 e. The van der Waals surface area contributed by atoms with Gasteiger partial charge in [-0.1, -0.05) is 45.1 Å². The van der Waals surface area contributed by atoms with Crippen molar-refractivity contribution in [2.75, 3.05) is 19.8 Å². The maximum atomic E-state index is 14.2. The van der Waals surface area contributed by atoms with Gasteiger partial charge in [-0.25, -0.2) is 0 Å². The molecule has 6 atom stereocenters. The minimum atomic E-state index is -1.31. The monoisotopic (exact) mass is 474 g/mol. The third kappa shape index (κ3) is 3.61. The van der Waals surface area contributed by atoms with E-state index >= 15 is 0 Å². The van der Waals surface area contributed by atoms with E-state index in [0.717, 1.165) is 0 Å². The Labute approximate surface area is 201 Å². The summed E-state index contributed by atoms with van der Waals surface area (Å²) in [5.41, 5.74) is -2.34. The molecule has 0 radical (unpaired) electrons. The van der Waals surface area contributed by atoms with Crippen LogP contribution in [0.25, 0.3) is 0 Å². The summed E-state index contributed by atoms with van der Waals surface area (Å²) in [5.74, 6) is -2.56. The van der Waals surface area contributed by atoms with Gasteiger partial charge in [0, 0.05) is 12.6 Å². The highest BCUT2D eigenvalue weighted by molar-refractivity contribution is 5.99. The number of ether oxygens (including phenoxy) is 2. The van der Waals surface area contributed by atoms with Gasteiger partial charge in [0.2, 0.25) is 11.8 Å². The minimum Gasteiger partial charge on any atom is -0.465 e. The number of fused-ring (bicyclic) bond motifs is 2. The van der Waals surface area contributed by atoms with Crippen LogP contribution in [0.3, 0.4) is 0 Å². The van der Waals surface area contributed by atoms with Crippen LogP contribution in [-0.2, 0) is 23.9 Å². The van der Waals surface area contributed by atoms with Crippen LogP contribution >= 0.6 is 0 Å². The molecule has 0 aromatic carbocycles. The van der Waals surface area contributed by atoms with E-state index in [1.165, 1.54) is 4.90 Å². The molecule has 2 amide bonds. The fourth-order valence-electron chi connectivity index (χ4n) is 6.36. The summed E-state index contributed by atoms with van der Waals surface area (Å²) in [5, 5.41) is 10.3. The van der Waals surface area contributed by atoms with Gasteiger partial charge >= 0.3 is 5.97 Å². The smallest absolute Gasteiger partial charge is 0.313 e. The van der Waals surface area contributed by atoms with Crippen LogP contribution in [0.1, 0.15) is 53.9 Å². The lowest BCUT2D eigenvalue weighted by Crippen LogP contribution is -2.59. The van der Waals surface area contributed by atoms with Crippen LogP contribution in [0.4, 0.5) is 0 Å². The first-order chi connectivity index (χ1) is 16.1. The second kappa shape index (κ2) is 9.11. The van der Waals surface area contributed by atoms with Crippen molar-refractivity contribution >= 4 is 17.8 Å². The summed E-state index contributed by atoms with van der Waals surface area (Å²) in [4.78, 5) is 44.9. The molecule has 4 aliphatic heterocycles. The molecule has 0 saturated carbocycles. The Hall–Kier alpha value is -2.19. The van der Waals surface area contributed by atoms with E-state index in [1.807, 2.05) is 58.9 Å². The van der Waals surface area contributed by atoms with E-state index in [1.54, 1.807) is 4.90 Å². The van der Waals surface area contributed by atoms with E-state index in [4.69, 9.17) is 9.47 Å². The lowest BCUT2D eigenvalue weighted by Gasteiger charge is -2.41. The lowest BCUT2D eigenvalue weighted by molar-refractivity contribution is -0.164. The van der Waals surface area contributed by atoms with Crippen LogP contribution in [0.2, 0.25) is 0 Å². The number of cyclic esters (lactones) is 1. The van der Waals surface area contributed by atoms with Crippen molar-refractivity contribution in [3.63, 3.8) is 0 Å². The zero-order valence-electron chi connectivity index (χ0n) is 20.9. The second-order valence-electron chi connectivity index (χ2n) is 10.7. The van der Waals surface area contributed by atoms with Crippen LogP contribution in [0, 0.1) is 17.8 Å². The zero-order valence-corrected chi connectivity index (χ0v) is 20.9. The van der Waals surface area contributed by atoms with Gasteiger partial charge in [-0.15, -0.1) is 0 Å². The molecular weight excluding hydrogens is 436 g/mol. The standard InChI is InChI=1S/C26H38N2O6/c1-6-25-10-7-8-13-33-24(32)20(25)19-22(30)28(18(15-29)14-16(2)3)21-23(31)27(17(4)5)12-9-11-26(19,21)34-25/h7,9-11,16-21,29H,6,8,12-15H2,1-5H3/t18-,19+,20+,21?,25-,26+/m1/s1. The van der Waals surface area contributed by atoms with Crippen molar-refractivity contribution < 1.29 is 29.0 Å². The van der Waals surface area contributed by atoms with Gasteiger partial charge in [0.15, 0.2) is 0 Å². The fourth-order valence-corrected chi connectivity index (χ4v) is 6.36. The Morgan fingerprint density at radius 1 is 1.09 bits per heavy atom. The van der Waals surface area contributed by atoms with Gasteiger partial charge in [-0.05, 0) is 39.0 Å². The lowest BCUT2D eigenvalue weighted by atomic mass is 9.73. The number of likely N-dealkylation sites (tertiary alicyclic amines) is 1. The van der Waals surface area contributed by atoms with E-state index in [9.17, 15) is 19.5 Å². The molecule has 0 aromatic rings. The van der Waals surface area contributed by atoms with Gasteiger partial charge in [0.1, 0.15) is 23.2 Å². The molecule has 4 heterocycles. The maximum absolute atomic E-state index is 14.2. The van der Waals surface area contributed by atoms with Crippen molar-refractivity contribution in [3.05, 3.63) is 24.3 Å². The molecule has 4 aliphatic rings. The molecule has 8 heteroatoms. The van der Waals surface area contributed by atoms with E-state index in [2.05, 4.69) is 0 Å². The van der Waals surface area contributed by atoms with Gasteiger partial charge in [0.05, 0.1) is 25.2 Å². The minimum absolute atomic E-state index is 0.0824. The molecule has 1 N–H and O–H groups in total. The predicted octanol–water partition coefficient (Wildman–Crippen LogP) is 2.06. The van der Waals surface area contributed by atoms with E-state index in [0.29, 0.717) is 25.8 Å². The molecule has 34 heavy (non-hydrogen) atoms. The highest BCUT2D eigenvalue weighted by atomic mass is 16.6. The Morgan fingerprint density at radius 3 is 2.44 bits per heavy atom. The zero-order chi connectivity index (χ0) is 24.8. The van der Waals surface area contributed by atoms with Crippen LogP contribution in [0.15, 0.2) is 24.3 Å². The summed E-state index contributed by atoms with van der Waals surface area (Å²) in [6, 6.07) is -1.59. The number of aliphatic hydroxyl groups excluding tert-OH is 1. The van der Waals surface area contributed by atoms with Crippen LogP contribution in [-0.4, -0.2) is 81.8 Å². The molecule has 8 nitrogen and oxygen atoms in total. The molecule has 188 valence electrons. The number of hydrogen-bond donors (Lipinski definition) is 1. The molecule has 2 fully saturated rings. The third-order valence-electron chi connectivity index (χ3n) is 7.84. The number of rotatable bonds is 6.